The number of hydrogen-bond donors (Lipinski definition) is 0. The van der Waals surface area contributed by atoms with Crippen LogP contribution < -0.4 is 0 Å². The molecule has 8 nitrogen and oxygen atoms in total. The van der Waals surface area contributed by atoms with Gasteiger partial charge >= 0.3 is 0 Å². The average Bonchev–Trinajstić information content (AvgIpc) is 3.24. The number of amides is 1. The SMILES string of the molecule is CO[C@@H]1CC[C@]2(OC)CCN(C(=O)c3ccn4nnnc4c3)[C@@H]2C1. The van der Waals surface area contributed by atoms with Crippen LogP contribution in [0.25, 0.3) is 5.65 Å². The molecule has 24 heavy (non-hydrogen) atoms. The summed E-state index contributed by atoms with van der Waals surface area (Å²) in [6, 6.07) is 3.53. The number of carbonyl (C=O) groups excluding carboxylic acids is 1. The maximum absolute atomic E-state index is 13.1. The van der Waals surface area contributed by atoms with Crippen molar-refractivity contribution in [1.29, 1.82) is 0 Å². The Kier molecular flexibility index (Phi) is 3.73. The highest BCUT2D eigenvalue weighted by Crippen LogP contribution is 2.43. The Labute approximate surface area is 139 Å². The Morgan fingerprint density at radius 2 is 2.25 bits per heavy atom. The smallest absolute Gasteiger partial charge is 0.254 e. The molecule has 1 saturated heterocycles. The number of carbonyl (C=O) groups is 1. The first-order valence-electron chi connectivity index (χ1n) is 8.23. The summed E-state index contributed by atoms with van der Waals surface area (Å²) in [5.41, 5.74) is 0.922. The van der Waals surface area contributed by atoms with Crippen LogP contribution in [0.4, 0.5) is 0 Å². The Morgan fingerprint density at radius 1 is 1.38 bits per heavy atom. The fourth-order valence-electron chi connectivity index (χ4n) is 4.16. The van der Waals surface area contributed by atoms with Crippen LogP contribution in [0.2, 0.25) is 0 Å². The molecule has 0 unspecified atom stereocenters. The van der Waals surface area contributed by atoms with E-state index in [4.69, 9.17) is 9.47 Å². The van der Waals surface area contributed by atoms with E-state index >= 15 is 0 Å². The first kappa shape index (κ1) is 15.5. The van der Waals surface area contributed by atoms with Crippen molar-refractivity contribution in [2.24, 2.45) is 0 Å². The molecular formula is C16H21N5O3. The summed E-state index contributed by atoms with van der Waals surface area (Å²) in [4.78, 5) is 15.0. The zero-order valence-corrected chi connectivity index (χ0v) is 13.9. The van der Waals surface area contributed by atoms with E-state index in [-0.39, 0.29) is 23.7 Å². The molecular weight excluding hydrogens is 310 g/mol. The number of tetrazole rings is 1. The minimum Gasteiger partial charge on any atom is -0.381 e. The van der Waals surface area contributed by atoms with Crippen molar-refractivity contribution < 1.29 is 14.3 Å². The molecule has 0 N–H and O–H groups in total. The highest BCUT2D eigenvalue weighted by molar-refractivity contribution is 5.95. The summed E-state index contributed by atoms with van der Waals surface area (Å²) in [6.45, 7) is 0.698. The van der Waals surface area contributed by atoms with E-state index in [9.17, 15) is 4.79 Å². The molecule has 0 aromatic carbocycles. The van der Waals surface area contributed by atoms with E-state index in [0.29, 0.717) is 17.8 Å². The highest BCUT2D eigenvalue weighted by Gasteiger charge is 2.52. The zero-order chi connectivity index (χ0) is 16.7. The van der Waals surface area contributed by atoms with Crippen molar-refractivity contribution in [3.8, 4) is 0 Å². The van der Waals surface area contributed by atoms with Crippen molar-refractivity contribution in [3.05, 3.63) is 23.9 Å². The van der Waals surface area contributed by atoms with Gasteiger partial charge in [0.25, 0.3) is 5.91 Å². The number of aromatic nitrogens is 4. The minimum absolute atomic E-state index is 0.00109. The lowest BCUT2D eigenvalue weighted by atomic mass is 9.79. The van der Waals surface area contributed by atoms with Crippen molar-refractivity contribution in [3.63, 3.8) is 0 Å². The summed E-state index contributed by atoms with van der Waals surface area (Å²) >= 11 is 0. The summed E-state index contributed by atoms with van der Waals surface area (Å²) in [5, 5.41) is 11.3. The molecule has 8 heteroatoms. The van der Waals surface area contributed by atoms with Gasteiger partial charge in [-0.25, -0.2) is 4.52 Å². The molecule has 2 aliphatic rings. The molecule has 1 amide bonds. The second-order valence-electron chi connectivity index (χ2n) is 6.56. The predicted molar refractivity (Wildman–Crippen MR) is 84.6 cm³/mol. The van der Waals surface area contributed by atoms with E-state index < -0.39 is 0 Å². The topological polar surface area (TPSA) is 81.9 Å². The lowest BCUT2D eigenvalue weighted by molar-refractivity contribution is -0.0893. The van der Waals surface area contributed by atoms with Crippen molar-refractivity contribution >= 4 is 11.6 Å². The van der Waals surface area contributed by atoms with Crippen LogP contribution in [0.1, 0.15) is 36.0 Å². The van der Waals surface area contributed by atoms with Crippen LogP contribution in [0.5, 0.6) is 0 Å². The third kappa shape index (κ3) is 2.29. The van der Waals surface area contributed by atoms with Crippen LogP contribution in [0.15, 0.2) is 18.3 Å². The van der Waals surface area contributed by atoms with E-state index in [2.05, 4.69) is 15.5 Å². The first-order valence-corrected chi connectivity index (χ1v) is 8.23. The predicted octanol–water partition coefficient (Wildman–Crippen LogP) is 0.923. The molecule has 3 heterocycles. The molecule has 0 radical (unpaired) electrons. The van der Waals surface area contributed by atoms with Gasteiger partial charge in [0.05, 0.1) is 17.7 Å². The van der Waals surface area contributed by atoms with Gasteiger partial charge in [-0.05, 0) is 48.2 Å². The summed E-state index contributed by atoms with van der Waals surface area (Å²) < 4.78 is 13.0. The molecule has 0 spiro atoms. The van der Waals surface area contributed by atoms with Crippen LogP contribution in [-0.4, -0.2) is 69.4 Å². The summed E-state index contributed by atoms with van der Waals surface area (Å²) in [5.74, 6) is 0.00109. The third-order valence-electron chi connectivity index (χ3n) is 5.58. The molecule has 2 aromatic heterocycles. The fourth-order valence-corrected chi connectivity index (χ4v) is 4.16. The number of rotatable bonds is 3. The maximum atomic E-state index is 13.1. The van der Waals surface area contributed by atoms with Crippen LogP contribution >= 0.6 is 0 Å². The molecule has 1 aliphatic carbocycles. The van der Waals surface area contributed by atoms with Crippen molar-refractivity contribution in [2.75, 3.05) is 20.8 Å². The Morgan fingerprint density at radius 3 is 3.04 bits per heavy atom. The van der Waals surface area contributed by atoms with Gasteiger partial charge in [0, 0.05) is 32.5 Å². The van der Waals surface area contributed by atoms with Gasteiger partial charge in [0.15, 0.2) is 5.65 Å². The van der Waals surface area contributed by atoms with Crippen molar-refractivity contribution in [2.45, 2.75) is 43.4 Å². The minimum atomic E-state index is -0.245. The van der Waals surface area contributed by atoms with Gasteiger partial charge in [0.2, 0.25) is 0 Å². The van der Waals surface area contributed by atoms with E-state index in [1.807, 2.05) is 4.90 Å². The third-order valence-corrected chi connectivity index (χ3v) is 5.58. The molecule has 4 rings (SSSR count). The van der Waals surface area contributed by atoms with E-state index in [0.717, 1.165) is 25.7 Å². The first-order chi connectivity index (χ1) is 11.7. The quantitative estimate of drug-likeness (QED) is 0.832. The molecule has 3 atom stereocenters. The van der Waals surface area contributed by atoms with Gasteiger partial charge in [-0.2, -0.15) is 0 Å². The Hall–Kier alpha value is -2.06. The van der Waals surface area contributed by atoms with Gasteiger partial charge in [0.1, 0.15) is 0 Å². The molecule has 2 aromatic rings. The number of methoxy groups -OCH3 is 2. The molecule has 1 saturated carbocycles. The average molecular weight is 331 g/mol. The molecule has 0 bridgehead atoms. The lowest BCUT2D eigenvalue weighted by Crippen LogP contribution is -2.53. The second-order valence-corrected chi connectivity index (χ2v) is 6.56. The van der Waals surface area contributed by atoms with Gasteiger partial charge in [-0.3, -0.25) is 4.79 Å². The molecule has 128 valence electrons. The van der Waals surface area contributed by atoms with Gasteiger partial charge in [-0.1, -0.05) is 0 Å². The summed E-state index contributed by atoms with van der Waals surface area (Å²) in [6.07, 6.45) is 5.45. The van der Waals surface area contributed by atoms with Gasteiger partial charge < -0.3 is 14.4 Å². The number of hydrogen-bond acceptors (Lipinski definition) is 6. The number of ether oxygens (including phenoxy) is 2. The Balaban J connectivity index is 1.63. The van der Waals surface area contributed by atoms with E-state index in [1.165, 1.54) is 0 Å². The monoisotopic (exact) mass is 331 g/mol. The maximum Gasteiger partial charge on any atom is 0.254 e. The Bertz CT molecular complexity index is 763. The number of pyridine rings is 1. The molecule has 2 fully saturated rings. The normalized spacial score (nSPS) is 29.8. The van der Waals surface area contributed by atoms with Crippen LogP contribution in [-0.2, 0) is 9.47 Å². The van der Waals surface area contributed by atoms with Crippen LogP contribution in [0.3, 0.4) is 0 Å². The zero-order valence-electron chi connectivity index (χ0n) is 13.9. The van der Waals surface area contributed by atoms with Gasteiger partial charge in [-0.15, -0.1) is 5.10 Å². The largest absolute Gasteiger partial charge is 0.381 e. The van der Waals surface area contributed by atoms with Crippen molar-refractivity contribution in [1.82, 2.24) is 24.9 Å². The highest BCUT2D eigenvalue weighted by atomic mass is 16.5. The number of nitrogens with zero attached hydrogens (tertiary/aromatic N) is 5. The number of fused-ring (bicyclic) bond motifs is 2. The summed E-state index contributed by atoms with van der Waals surface area (Å²) in [7, 11) is 3.49. The molecule has 1 aliphatic heterocycles. The van der Waals surface area contributed by atoms with E-state index in [1.54, 1.807) is 37.1 Å². The number of likely N-dealkylation sites (tertiary alicyclic amines) is 1. The second kappa shape index (κ2) is 5.78. The standard InChI is InChI=1S/C16H21N5O3/c1-23-12-3-5-16(24-2)6-8-20(13(16)10-12)15(22)11-4-7-21-14(9-11)17-18-19-21/h4,7,9,12-13H,3,5-6,8,10H2,1-2H3/t12-,13-,16+/m1/s1. The fraction of sp³-hybridized carbons (Fsp3) is 0.625. The van der Waals surface area contributed by atoms with Crippen LogP contribution in [0, 0.1) is 0 Å². The lowest BCUT2D eigenvalue weighted by Gasteiger charge is -2.43.